The average Bonchev–Trinajstić information content (AvgIpc) is 3.11. The molecule has 32 heavy (non-hydrogen) atoms. The lowest BCUT2D eigenvalue weighted by Crippen LogP contribution is -2.36. The summed E-state index contributed by atoms with van der Waals surface area (Å²) in [5.74, 6) is 0. The summed E-state index contributed by atoms with van der Waals surface area (Å²) in [6, 6.07) is 8.97. The first kappa shape index (κ1) is 20.6. The fraction of sp³-hybridized carbons (Fsp3) is 0.296. The van der Waals surface area contributed by atoms with E-state index < -0.39 is 0 Å². The molecule has 5 rings (SSSR count). The lowest BCUT2D eigenvalue weighted by molar-refractivity contribution is 0.122. The minimum Gasteiger partial charge on any atom is -0.378 e. The molecule has 1 aromatic carbocycles. The first-order valence-electron chi connectivity index (χ1n) is 11.2. The van der Waals surface area contributed by atoms with E-state index in [2.05, 4.69) is 90.7 Å². The Morgan fingerprint density at radius 3 is 2.53 bits per heavy atom. The van der Waals surface area contributed by atoms with E-state index in [0.29, 0.717) is 0 Å². The molecule has 0 amide bonds. The van der Waals surface area contributed by atoms with Gasteiger partial charge in [0, 0.05) is 55.7 Å². The molecule has 2 aromatic heterocycles. The van der Waals surface area contributed by atoms with Crippen molar-refractivity contribution < 1.29 is 4.74 Å². The summed E-state index contributed by atoms with van der Waals surface area (Å²) in [7, 11) is 2.06. The first-order chi connectivity index (χ1) is 15.5. The van der Waals surface area contributed by atoms with Crippen LogP contribution in [0.2, 0.25) is 0 Å². The van der Waals surface area contributed by atoms with Crippen LogP contribution in [-0.4, -0.2) is 40.8 Å². The summed E-state index contributed by atoms with van der Waals surface area (Å²) >= 11 is 0. The van der Waals surface area contributed by atoms with E-state index in [4.69, 9.17) is 9.72 Å². The molecule has 164 valence electrons. The normalized spacial score (nSPS) is 16.7. The van der Waals surface area contributed by atoms with Crippen molar-refractivity contribution in [2.75, 3.05) is 31.2 Å². The number of aromatic nitrogens is 2. The number of rotatable bonds is 4. The van der Waals surface area contributed by atoms with Gasteiger partial charge in [-0.2, -0.15) is 0 Å². The van der Waals surface area contributed by atoms with Gasteiger partial charge in [-0.1, -0.05) is 35.9 Å². The first-order valence-corrected chi connectivity index (χ1v) is 11.2. The van der Waals surface area contributed by atoms with Crippen molar-refractivity contribution in [3.63, 3.8) is 0 Å². The SMILES string of the molecule is C=C1C=C(c2cn(C)c3ncc(N4CCOCC4)cc23)C=CN1Cc1cc(C)cc(C)c1. The molecule has 0 radical (unpaired) electrons. The molecule has 0 unspecified atom stereocenters. The van der Waals surface area contributed by atoms with Crippen LogP contribution in [0.15, 0.2) is 67.3 Å². The smallest absolute Gasteiger partial charge is 0.140 e. The van der Waals surface area contributed by atoms with Gasteiger partial charge in [0.25, 0.3) is 0 Å². The summed E-state index contributed by atoms with van der Waals surface area (Å²) in [5.41, 5.74) is 9.39. The third-order valence-corrected chi connectivity index (χ3v) is 6.25. The van der Waals surface area contributed by atoms with Gasteiger partial charge < -0.3 is 19.1 Å². The molecule has 0 bridgehead atoms. The Hall–Kier alpha value is -3.31. The number of benzene rings is 1. The number of morpholine rings is 1. The molecular formula is C27H30N4O. The second-order valence-electron chi connectivity index (χ2n) is 8.85. The molecule has 2 aliphatic heterocycles. The Labute approximate surface area is 189 Å². The minimum absolute atomic E-state index is 0.768. The zero-order valence-corrected chi connectivity index (χ0v) is 19.1. The van der Waals surface area contributed by atoms with E-state index >= 15 is 0 Å². The zero-order valence-electron chi connectivity index (χ0n) is 19.1. The largest absolute Gasteiger partial charge is 0.378 e. The summed E-state index contributed by atoms with van der Waals surface area (Å²) in [4.78, 5) is 9.33. The van der Waals surface area contributed by atoms with E-state index in [1.54, 1.807) is 0 Å². The number of ether oxygens (including phenoxy) is 1. The number of hydrogen-bond donors (Lipinski definition) is 0. The van der Waals surface area contributed by atoms with Crippen LogP contribution in [0, 0.1) is 13.8 Å². The Kier molecular flexibility index (Phi) is 5.35. The predicted molar refractivity (Wildman–Crippen MR) is 131 cm³/mol. The maximum absolute atomic E-state index is 5.51. The second kappa shape index (κ2) is 8.32. The quantitative estimate of drug-likeness (QED) is 0.591. The molecule has 0 aliphatic carbocycles. The number of allylic oxidation sites excluding steroid dienone is 3. The Morgan fingerprint density at radius 2 is 1.81 bits per heavy atom. The number of aryl methyl sites for hydroxylation is 3. The minimum atomic E-state index is 0.768. The van der Waals surface area contributed by atoms with Gasteiger partial charge in [-0.15, -0.1) is 0 Å². The van der Waals surface area contributed by atoms with Gasteiger partial charge in [-0.25, -0.2) is 4.98 Å². The van der Waals surface area contributed by atoms with E-state index in [-0.39, 0.29) is 0 Å². The maximum atomic E-state index is 5.51. The average molecular weight is 427 g/mol. The molecule has 0 N–H and O–H groups in total. The third kappa shape index (κ3) is 3.96. The lowest BCUT2D eigenvalue weighted by Gasteiger charge is -2.28. The summed E-state index contributed by atoms with van der Waals surface area (Å²) in [6.07, 6.45) is 10.7. The van der Waals surface area contributed by atoms with E-state index in [9.17, 15) is 0 Å². The van der Waals surface area contributed by atoms with Crippen LogP contribution in [0.1, 0.15) is 22.3 Å². The number of hydrogen-bond acceptors (Lipinski definition) is 4. The highest BCUT2D eigenvalue weighted by atomic mass is 16.5. The number of anilines is 1. The van der Waals surface area contributed by atoms with Gasteiger partial charge in [0.05, 0.1) is 25.1 Å². The molecule has 0 saturated carbocycles. The topological polar surface area (TPSA) is 33.5 Å². The number of pyridine rings is 1. The molecule has 2 aliphatic rings. The van der Waals surface area contributed by atoms with Crippen LogP contribution < -0.4 is 4.90 Å². The van der Waals surface area contributed by atoms with E-state index in [1.165, 1.54) is 33.2 Å². The molecule has 5 nitrogen and oxygen atoms in total. The highest BCUT2D eigenvalue weighted by Gasteiger charge is 2.18. The van der Waals surface area contributed by atoms with Crippen LogP contribution in [0.25, 0.3) is 16.6 Å². The predicted octanol–water partition coefficient (Wildman–Crippen LogP) is 4.95. The summed E-state index contributed by atoms with van der Waals surface area (Å²) < 4.78 is 7.61. The van der Waals surface area contributed by atoms with Gasteiger partial charge in [-0.05, 0) is 43.2 Å². The zero-order chi connectivity index (χ0) is 22.2. The van der Waals surface area contributed by atoms with Crippen molar-refractivity contribution in [3.05, 3.63) is 89.5 Å². The number of nitrogens with zero attached hydrogens (tertiary/aromatic N) is 4. The van der Waals surface area contributed by atoms with Crippen LogP contribution >= 0.6 is 0 Å². The highest BCUT2D eigenvalue weighted by molar-refractivity contribution is 5.96. The second-order valence-corrected chi connectivity index (χ2v) is 8.85. The van der Waals surface area contributed by atoms with Crippen LogP contribution in [-0.2, 0) is 18.3 Å². The van der Waals surface area contributed by atoms with Gasteiger partial charge >= 0.3 is 0 Å². The van der Waals surface area contributed by atoms with Gasteiger partial charge in [0.1, 0.15) is 5.65 Å². The summed E-state index contributed by atoms with van der Waals surface area (Å²) in [5, 5.41) is 1.17. The van der Waals surface area contributed by atoms with Gasteiger partial charge in [0.15, 0.2) is 0 Å². The molecule has 1 saturated heterocycles. The monoisotopic (exact) mass is 426 g/mol. The molecule has 3 aromatic rings. The van der Waals surface area contributed by atoms with Crippen LogP contribution in [0.4, 0.5) is 5.69 Å². The molecule has 0 spiro atoms. The maximum Gasteiger partial charge on any atom is 0.140 e. The fourth-order valence-corrected chi connectivity index (χ4v) is 4.73. The third-order valence-electron chi connectivity index (χ3n) is 6.25. The molecule has 4 heterocycles. The number of fused-ring (bicyclic) bond motifs is 1. The molecular weight excluding hydrogens is 396 g/mol. The van der Waals surface area contributed by atoms with Crippen molar-refractivity contribution in [2.24, 2.45) is 7.05 Å². The van der Waals surface area contributed by atoms with Crippen molar-refractivity contribution in [1.82, 2.24) is 14.5 Å². The summed E-state index contributed by atoms with van der Waals surface area (Å²) in [6.45, 7) is 12.8. The van der Waals surface area contributed by atoms with Gasteiger partial charge in [-0.3, -0.25) is 0 Å². The molecule has 1 fully saturated rings. The van der Waals surface area contributed by atoms with Crippen molar-refractivity contribution in [2.45, 2.75) is 20.4 Å². The highest BCUT2D eigenvalue weighted by Crippen LogP contribution is 2.33. The molecule has 5 heteroatoms. The van der Waals surface area contributed by atoms with Crippen molar-refractivity contribution >= 4 is 22.3 Å². The Morgan fingerprint density at radius 1 is 1.06 bits per heavy atom. The standard InChI is InChI=1S/C27H30N4O/c1-19-11-20(2)13-22(12-19)17-31-6-5-23(14-21(31)3)26-18-29(4)27-25(26)15-24(16-28-27)30-7-9-32-10-8-30/h5-6,11-16,18H,3,7-10,17H2,1-2,4H3. The van der Waals surface area contributed by atoms with E-state index in [0.717, 1.165) is 49.9 Å². The van der Waals surface area contributed by atoms with Crippen LogP contribution in [0.5, 0.6) is 0 Å². The van der Waals surface area contributed by atoms with Crippen molar-refractivity contribution in [1.29, 1.82) is 0 Å². The van der Waals surface area contributed by atoms with Gasteiger partial charge in [0.2, 0.25) is 0 Å². The van der Waals surface area contributed by atoms with Crippen LogP contribution in [0.3, 0.4) is 0 Å². The van der Waals surface area contributed by atoms with Crippen molar-refractivity contribution in [3.8, 4) is 0 Å². The molecule has 0 atom stereocenters. The Bertz CT molecular complexity index is 1220. The lowest BCUT2D eigenvalue weighted by atomic mass is 10.0. The fourth-order valence-electron chi connectivity index (χ4n) is 4.73. The Balaban J connectivity index is 1.43. The van der Waals surface area contributed by atoms with E-state index in [1.807, 2.05) is 6.20 Å².